The Morgan fingerprint density at radius 2 is 2.04 bits per heavy atom. The van der Waals surface area contributed by atoms with Gasteiger partial charge in [-0.1, -0.05) is 0 Å². The Morgan fingerprint density at radius 3 is 2.61 bits per heavy atom. The number of nitrogens with one attached hydrogen (secondary N) is 1. The van der Waals surface area contributed by atoms with Crippen LogP contribution in [0.4, 0.5) is 19.3 Å². The van der Waals surface area contributed by atoms with Gasteiger partial charge < -0.3 is 10.8 Å². The standard InChI is InChI=1S/C13H17F2N3O4S/c1-12(8-5-7(16)3-4-9(8)14)6-23(21,22)13(2,15)10(18-12)17-11(19)20/h3-5,21-22H,6,16H2,1-2H3,(H,17,18)(H,19,20)/t12-,13+/m0/s1. The van der Waals surface area contributed by atoms with Crippen molar-refractivity contribution < 1.29 is 27.8 Å². The number of amidine groups is 1. The molecule has 7 nitrogen and oxygen atoms in total. The molecule has 0 unspecified atom stereocenters. The van der Waals surface area contributed by atoms with Crippen LogP contribution in [0.25, 0.3) is 0 Å². The number of carboxylic acid groups (broad SMARTS) is 1. The van der Waals surface area contributed by atoms with Crippen molar-refractivity contribution in [2.45, 2.75) is 24.4 Å². The van der Waals surface area contributed by atoms with Gasteiger partial charge in [0.25, 0.3) is 5.00 Å². The molecular weight excluding hydrogens is 332 g/mol. The van der Waals surface area contributed by atoms with E-state index in [0.29, 0.717) is 0 Å². The number of hydrogen-bond donors (Lipinski definition) is 5. The molecular formula is C13H17F2N3O4S. The Balaban J connectivity index is 2.66. The lowest BCUT2D eigenvalue weighted by Gasteiger charge is -2.50. The third-order valence-electron chi connectivity index (χ3n) is 3.67. The largest absolute Gasteiger partial charge is 0.465 e. The molecule has 2 atom stereocenters. The smallest absolute Gasteiger partial charge is 0.410 e. The molecule has 0 radical (unpaired) electrons. The zero-order valence-electron chi connectivity index (χ0n) is 12.4. The Kier molecular flexibility index (Phi) is 4.04. The summed E-state index contributed by atoms with van der Waals surface area (Å²) in [5.74, 6) is -2.13. The summed E-state index contributed by atoms with van der Waals surface area (Å²) in [6.45, 7) is 2.16. The van der Waals surface area contributed by atoms with Crippen LogP contribution >= 0.6 is 10.6 Å². The van der Waals surface area contributed by atoms with Gasteiger partial charge >= 0.3 is 6.09 Å². The van der Waals surface area contributed by atoms with E-state index in [2.05, 4.69) is 4.99 Å². The fourth-order valence-electron chi connectivity index (χ4n) is 2.40. The Labute approximate surface area is 132 Å². The highest BCUT2D eigenvalue weighted by molar-refractivity contribution is 8.26. The number of carbonyl (C=O) groups is 1. The normalized spacial score (nSPS) is 31.1. The van der Waals surface area contributed by atoms with Gasteiger partial charge in [0.05, 0.1) is 5.75 Å². The van der Waals surface area contributed by atoms with E-state index < -0.39 is 44.6 Å². The van der Waals surface area contributed by atoms with Gasteiger partial charge in [0.2, 0.25) is 0 Å². The van der Waals surface area contributed by atoms with Gasteiger partial charge in [-0.05, 0) is 32.0 Å². The molecule has 0 aliphatic carbocycles. The molecule has 1 aliphatic rings. The summed E-state index contributed by atoms with van der Waals surface area (Å²) < 4.78 is 49.1. The van der Waals surface area contributed by atoms with Gasteiger partial charge in [0.15, 0.2) is 5.84 Å². The first-order valence-electron chi connectivity index (χ1n) is 6.49. The van der Waals surface area contributed by atoms with Crippen LogP contribution < -0.4 is 11.1 Å². The molecule has 0 spiro atoms. The maximum atomic E-state index is 14.7. The number of halogens is 2. The van der Waals surface area contributed by atoms with Crippen LogP contribution in [0, 0.1) is 5.82 Å². The van der Waals surface area contributed by atoms with Gasteiger partial charge in [-0.2, -0.15) is 10.6 Å². The minimum Gasteiger partial charge on any atom is -0.465 e. The van der Waals surface area contributed by atoms with E-state index in [4.69, 9.17) is 10.8 Å². The van der Waals surface area contributed by atoms with Gasteiger partial charge in [-0.15, -0.1) is 0 Å². The van der Waals surface area contributed by atoms with Crippen LogP contribution in [0.2, 0.25) is 0 Å². The number of rotatable bonds is 1. The summed E-state index contributed by atoms with van der Waals surface area (Å²) >= 11 is 0. The number of aliphatic imine (C=N–C) groups is 1. The predicted molar refractivity (Wildman–Crippen MR) is 84.0 cm³/mol. The van der Waals surface area contributed by atoms with Crippen molar-refractivity contribution in [3.05, 3.63) is 29.6 Å². The first kappa shape index (κ1) is 17.4. The number of amides is 1. The SMILES string of the molecule is C[C@]1(F)C(NC(=O)O)=N[C@](C)(c2cc(N)ccc2F)CS1(O)O. The van der Waals surface area contributed by atoms with Gasteiger partial charge in [-0.25, -0.2) is 13.6 Å². The topological polar surface area (TPSA) is 128 Å². The van der Waals surface area contributed by atoms with Crippen molar-refractivity contribution in [3.63, 3.8) is 0 Å². The van der Waals surface area contributed by atoms with Crippen molar-refractivity contribution >= 4 is 28.2 Å². The molecule has 1 aromatic rings. The van der Waals surface area contributed by atoms with Crippen molar-refractivity contribution in [1.82, 2.24) is 5.32 Å². The second-order valence-electron chi connectivity index (χ2n) is 5.63. The number of nitrogen functional groups attached to an aromatic ring is 1. The highest BCUT2D eigenvalue weighted by Crippen LogP contribution is 2.60. The summed E-state index contributed by atoms with van der Waals surface area (Å²) in [5.41, 5.74) is 4.14. The highest BCUT2D eigenvalue weighted by Gasteiger charge is 2.54. The van der Waals surface area contributed by atoms with Crippen molar-refractivity contribution in [1.29, 1.82) is 0 Å². The summed E-state index contributed by atoms with van der Waals surface area (Å²) in [6, 6.07) is 3.63. The third kappa shape index (κ3) is 2.96. The van der Waals surface area contributed by atoms with E-state index in [9.17, 15) is 22.7 Å². The molecule has 128 valence electrons. The molecule has 0 fully saturated rings. The lowest BCUT2D eigenvalue weighted by atomic mass is 9.93. The van der Waals surface area contributed by atoms with Crippen LogP contribution in [0.5, 0.6) is 0 Å². The molecule has 1 aliphatic heterocycles. The lowest BCUT2D eigenvalue weighted by molar-refractivity contribution is 0.198. The second kappa shape index (κ2) is 5.32. The Morgan fingerprint density at radius 1 is 1.43 bits per heavy atom. The van der Waals surface area contributed by atoms with E-state index >= 15 is 0 Å². The van der Waals surface area contributed by atoms with Gasteiger partial charge in [-0.3, -0.25) is 19.4 Å². The fourth-order valence-corrected chi connectivity index (χ4v) is 4.08. The van der Waals surface area contributed by atoms with Crippen molar-refractivity contribution in [2.24, 2.45) is 4.99 Å². The molecule has 6 N–H and O–H groups in total. The first-order valence-corrected chi connectivity index (χ1v) is 8.21. The molecule has 10 heteroatoms. The minimum atomic E-state index is -3.97. The van der Waals surface area contributed by atoms with E-state index in [1.54, 1.807) is 5.32 Å². The predicted octanol–water partition coefficient (Wildman–Crippen LogP) is 2.74. The Bertz CT molecular complexity index is 696. The number of nitrogens with zero attached hydrogens (tertiary/aromatic N) is 1. The molecule has 0 aromatic heterocycles. The second-order valence-corrected chi connectivity index (χ2v) is 8.02. The van der Waals surface area contributed by atoms with Crippen LogP contribution in [0.15, 0.2) is 23.2 Å². The average Bonchev–Trinajstić information content (AvgIpc) is 2.38. The maximum absolute atomic E-state index is 14.7. The summed E-state index contributed by atoms with van der Waals surface area (Å²) in [5, 5.41) is 7.72. The zero-order chi connectivity index (χ0) is 17.6. The van der Waals surface area contributed by atoms with Crippen LogP contribution in [-0.2, 0) is 5.54 Å². The summed E-state index contributed by atoms with van der Waals surface area (Å²) in [7, 11) is -3.97. The summed E-state index contributed by atoms with van der Waals surface area (Å²) in [6.07, 6.45) is -1.62. The molecule has 1 amide bonds. The molecule has 2 rings (SSSR count). The molecule has 0 bridgehead atoms. The van der Waals surface area contributed by atoms with Crippen LogP contribution in [0.3, 0.4) is 0 Å². The molecule has 1 aromatic carbocycles. The van der Waals surface area contributed by atoms with Crippen molar-refractivity contribution in [2.75, 3.05) is 11.5 Å². The summed E-state index contributed by atoms with van der Waals surface area (Å²) in [4.78, 5) is 14.8. The molecule has 23 heavy (non-hydrogen) atoms. The average molecular weight is 349 g/mol. The molecule has 1 heterocycles. The van der Waals surface area contributed by atoms with E-state index in [1.165, 1.54) is 19.1 Å². The minimum absolute atomic E-state index is 0.0855. The lowest BCUT2D eigenvalue weighted by Crippen LogP contribution is -2.54. The number of benzene rings is 1. The van der Waals surface area contributed by atoms with Gasteiger partial charge in [0.1, 0.15) is 11.4 Å². The van der Waals surface area contributed by atoms with Crippen LogP contribution in [-0.4, -0.2) is 36.9 Å². The van der Waals surface area contributed by atoms with E-state index in [-0.39, 0.29) is 11.3 Å². The third-order valence-corrected chi connectivity index (χ3v) is 6.06. The fraction of sp³-hybridized carbons (Fsp3) is 0.385. The number of alkyl halides is 1. The monoisotopic (exact) mass is 349 g/mol. The highest BCUT2D eigenvalue weighted by atomic mass is 32.3. The van der Waals surface area contributed by atoms with Crippen LogP contribution in [0.1, 0.15) is 19.4 Å². The van der Waals surface area contributed by atoms with Gasteiger partial charge in [0, 0.05) is 11.3 Å². The molecule has 0 saturated carbocycles. The first-order chi connectivity index (χ1) is 10.4. The number of hydrogen-bond acceptors (Lipinski definition) is 5. The van der Waals surface area contributed by atoms with E-state index in [1.807, 2.05) is 0 Å². The van der Waals surface area contributed by atoms with E-state index in [0.717, 1.165) is 13.0 Å². The molecule has 0 saturated heterocycles. The Hall–Kier alpha value is -1.91. The quantitative estimate of drug-likeness (QED) is 0.498. The number of nitrogens with two attached hydrogens (primary N) is 1. The maximum Gasteiger partial charge on any atom is 0.410 e. The number of anilines is 1. The van der Waals surface area contributed by atoms with Crippen molar-refractivity contribution in [3.8, 4) is 0 Å². The zero-order valence-corrected chi connectivity index (χ0v) is 13.2.